The van der Waals surface area contributed by atoms with Crippen LogP contribution in [0, 0.1) is 0 Å². The molecule has 72 valence electrons. The van der Waals surface area contributed by atoms with Gasteiger partial charge in [-0.2, -0.15) is 0 Å². The monoisotopic (exact) mass is 191 g/mol. The van der Waals surface area contributed by atoms with Gasteiger partial charge in [-0.1, -0.05) is 6.08 Å². The molecule has 0 atom stereocenters. The first-order chi connectivity index (χ1) is 6.68. The minimum absolute atomic E-state index is 0.00532. The molecule has 0 saturated carbocycles. The van der Waals surface area contributed by atoms with Crippen LogP contribution in [0.3, 0.4) is 0 Å². The Kier molecular flexibility index (Phi) is 1.89. The molecular weight excluding hydrogens is 182 g/mol. The van der Waals surface area contributed by atoms with Crippen molar-refractivity contribution in [3.8, 4) is 0 Å². The van der Waals surface area contributed by atoms with Gasteiger partial charge in [0.2, 0.25) is 0 Å². The van der Waals surface area contributed by atoms with Crippen LogP contribution in [0.5, 0.6) is 0 Å². The second-order valence-corrected chi connectivity index (χ2v) is 3.07. The molecule has 2 N–H and O–H groups in total. The fourth-order valence-corrected chi connectivity index (χ4v) is 1.44. The van der Waals surface area contributed by atoms with Gasteiger partial charge < -0.3 is 15.1 Å². The molecular formula is C10H9NO3. The fraction of sp³-hybridized carbons (Fsp3) is 0.100. The summed E-state index contributed by atoms with van der Waals surface area (Å²) in [4.78, 5) is 12.4. The third-order valence-electron chi connectivity index (χ3n) is 2.13. The number of carboxylic acid groups (broad SMARTS) is 1. The van der Waals surface area contributed by atoms with Gasteiger partial charge in [0, 0.05) is 6.20 Å². The van der Waals surface area contributed by atoms with Crippen molar-refractivity contribution in [1.29, 1.82) is 0 Å². The molecule has 0 aromatic carbocycles. The first kappa shape index (κ1) is 8.62. The van der Waals surface area contributed by atoms with E-state index in [9.17, 15) is 9.90 Å². The second kappa shape index (κ2) is 3.06. The van der Waals surface area contributed by atoms with Gasteiger partial charge in [0.1, 0.15) is 5.76 Å². The van der Waals surface area contributed by atoms with Crippen molar-refractivity contribution in [2.24, 2.45) is 0 Å². The van der Waals surface area contributed by atoms with E-state index in [-0.39, 0.29) is 17.9 Å². The Morgan fingerprint density at radius 2 is 2.21 bits per heavy atom. The summed E-state index contributed by atoms with van der Waals surface area (Å²) >= 11 is 0. The van der Waals surface area contributed by atoms with E-state index in [0.717, 1.165) is 0 Å². The van der Waals surface area contributed by atoms with Crippen molar-refractivity contribution in [2.75, 3.05) is 6.54 Å². The summed E-state index contributed by atoms with van der Waals surface area (Å²) in [6.07, 6.45) is 8.35. The van der Waals surface area contributed by atoms with E-state index in [1.807, 2.05) is 0 Å². The van der Waals surface area contributed by atoms with E-state index < -0.39 is 5.97 Å². The Balaban J connectivity index is 2.41. The zero-order chi connectivity index (χ0) is 10.1. The molecule has 2 heterocycles. The first-order valence-electron chi connectivity index (χ1n) is 4.17. The molecule has 0 aromatic heterocycles. The predicted molar refractivity (Wildman–Crippen MR) is 50.4 cm³/mol. The molecule has 4 nitrogen and oxygen atoms in total. The number of hydrogen-bond donors (Lipinski definition) is 2. The van der Waals surface area contributed by atoms with Crippen LogP contribution in [-0.4, -0.2) is 27.6 Å². The van der Waals surface area contributed by atoms with Crippen LogP contribution in [0.1, 0.15) is 0 Å². The van der Waals surface area contributed by atoms with Gasteiger partial charge >= 0.3 is 5.97 Å². The Morgan fingerprint density at radius 1 is 1.43 bits per heavy atom. The number of carboxylic acids is 1. The zero-order valence-corrected chi connectivity index (χ0v) is 7.34. The molecule has 0 saturated heterocycles. The SMILES string of the molecule is O=C(O)C1=CC(O)=C2C=CC=CN2C1. The number of nitrogens with zero attached hydrogens (tertiary/aromatic N) is 1. The normalized spacial score (nSPS) is 19.4. The summed E-state index contributed by atoms with van der Waals surface area (Å²) in [5.74, 6) is -1.01. The average Bonchev–Trinajstić information content (AvgIpc) is 2.17. The molecule has 0 amide bonds. The van der Waals surface area contributed by atoms with Gasteiger partial charge in [-0.3, -0.25) is 0 Å². The molecule has 14 heavy (non-hydrogen) atoms. The molecule has 2 aliphatic rings. The van der Waals surface area contributed by atoms with Gasteiger partial charge in [0.25, 0.3) is 0 Å². The van der Waals surface area contributed by atoms with Crippen LogP contribution < -0.4 is 0 Å². The summed E-state index contributed by atoms with van der Waals surface area (Å²) in [6.45, 7) is 0.287. The molecule has 2 rings (SSSR count). The Bertz CT molecular complexity index is 402. The number of carbonyl (C=O) groups is 1. The number of hydrogen-bond acceptors (Lipinski definition) is 3. The highest BCUT2D eigenvalue weighted by molar-refractivity contribution is 5.88. The molecule has 0 aromatic rings. The second-order valence-electron chi connectivity index (χ2n) is 3.07. The lowest BCUT2D eigenvalue weighted by atomic mass is 10.1. The van der Waals surface area contributed by atoms with Crippen molar-refractivity contribution >= 4 is 5.97 Å². The van der Waals surface area contributed by atoms with Gasteiger partial charge in [0.05, 0.1) is 17.8 Å². The van der Waals surface area contributed by atoms with Crippen molar-refractivity contribution in [1.82, 2.24) is 4.90 Å². The van der Waals surface area contributed by atoms with Crippen molar-refractivity contribution in [3.63, 3.8) is 0 Å². The lowest BCUT2D eigenvalue weighted by Crippen LogP contribution is -2.27. The standard InChI is InChI=1S/C10H9NO3/c12-9-5-7(10(13)14)6-11-4-2-1-3-8(9)11/h1-5,12H,6H2,(H,13,14). The summed E-state index contributed by atoms with van der Waals surface area (Å²) in [7, 11) is 0. The molecule has 2 aliphatic heterocycles. The van der Waals surface area contributed by atoms with Gasteiger partial charge in [0.15, 0.2) is 0 Å². The highest BCUT2D eigenvalue weighted by Crippen LogP contribution is 2.23. The predicted octanol–water partition coefficient (Wildman–Crippen LogP) is 1.17. The Labute approximate surface area is 80.8 Å². The summed E-state index contributed by atoms with van der Waals surface area (Å²) in [5.41, 5.74) is 0.823. The van der Waals surface area contributed by atoms with Crippen LogP contribution in [0.15, 0.2) is 47.5 Å². The summed E-state index contributed by atoms with van der Waals surface area (Å²) in [6, 6.07) is 0. The minimum Gasteiger partial charge on any atom is -0.506 e. The number of fused-ring (bicyclic) bond motifs is 1. The number of aliphatic carboxylic acids is 1. The van der Waals surface area contributed by atoms with E-state index in [4.69, 9.17) is 5.11 Å². The van der Waals surface area contributed by atoms with E-state index in [1.165, 1.54) is 6.08 Å². The van der Waals surface area contributed by atoms with Gasteiger partial charge in [-0.25, -0.2) is 4.79 Å². The smallest absolute Gasteiger partial charge is 0.333 e. The van der Waals surface area contributed by atoms with E-state index in [2.05, 4.69) is 0 Å². The maximum atomic E-state index is 10.7. The lowest BCUT2D eigenvalue weighted by molar-refractivity contribution is -0.132. The topological polar surface area (TPSA) is 60.8 Å². The van der Waals surface area contributed by atoms with Crippen LogP contribution >= 0.6 is 0 Å². The number of allylic oxidation sites excluding steroid dienone is 4. The molecule has 0 fully saturated rings. The molecule has 4 heteroatoms. The lowest BCUT2D eigenvalue weighted by Gasteiger charge is -2.27. The minimum atomic E-state index is -1.00. The van der Waals surface area contributed by atoms with Crippen molar-refractivity contribution in [3.05, 3.63) is 47.5 Å². The average molecular weight is 191 g/mol. The maximum Gasteiger partial charge on any atom is 0.333 e. The summed E-state index contributed by atoms with van der Waals surface area (Å²) < 4.78 is 0. The highest BCUT2D eigenvalue weighted by Gasteiger charge is 2.21. The van der Waals surface area contributed by atoms with E-state index in [0.29, 0.717) is 5.70 Å². The third kappa shape index (κ3) is 1.31. The number of aliphatic hydroxyl groups is 1. The third-order valence-corrected chi connectivity index (χ3v) is 2.13. The highest BCUT2D eigenvalue weighted by atomic mass is 16.4. The van der Waals surface area contributed by atoms with E-state index in [1.54, 1.807) is 29.3 Å². The zero-order valence-electron chi connectivity index (χ0n) is 7.34. The number of rotatable bonds is 1. The van der Waals surface area contributed by atoms with Crippen LogP contribution in [0.4, 0.5) is 0 Å². The molecule has 0 spiro atoms. The van der Waals surface area contributed by atoms with Crippen LogP contribution in [-0.2, 0) is 4.79 Å². The van der Waals surface area contributed by atoms with Crippen molar-refractivity contribution in [2.45, 2.75) is 0 Å². The van der Waals surface area contributed by atoms with Crippen LogP contribution in [0.25, 0.3) is 0 Å². The quantitative estimate of drug-likeness (QED) is 0.653. The molecule has 0 bridgehead atoms. The Morgan fingerprint density at radius 3 is 2.93 bits per heavy atom. The van der Waals surface area contributed by atoms with Gasteiger partial charge in [-0.15, -0.1) is 0 Å². The largest absolute Gasteiger partial charge is 0.506 e. The van der Waals surface area contributed by atoms with Gasteiger partial charge in [-0.05, 0) is 18.2 Å². The summed E-state index contributed by atoms with van der Waals surface area (Å²) in [5, 5.41) is 18.3. The fourth-order valence-electron chi connectivity index (χ4n) is 1.44. The Hall–Kier alpha value is -1.97. The van der Waals surface area contributed by atoms with Crippen molar-refractivity contribution < 1.29 is 15.0 Å². The molecule has 0 radical (unpaired) electrons. The molecule has 0 unspecified atom stereocenters. The first-order valence-corrected chi connectivity index (χ1v) is 4.17. The van der Waals surface area contributed by atoms with E-state index >= 15 is 0 Å². The van der Waals surface area contributed by atoms with Crippen LogP contribution in [0.2, 0.25) is 0 Å². The molecule has 0 aliphatic carbocycles. The maximum absolute atomic E-state index is 10.7. The number of aliphatic hydroxyl groups excluding tert-OH is 1.